The van der Waals surface area contributed by atoms with Crippen molar-refractivity contribution < 1.29 is 19.1 Å². The highest BCUT2D eigenvalue weighted by molar-refractivity contribution is 8.00. The van der Waals surface area contributed by atoms with E-state index in [9.17, 15) is 14.4 Å². The van der Waals surface area contributed by atoms with Crippen molar-refractivity contribution in [2.24, 2.45) is 0 Å². The molecule has 0 saturated heterocycles. The Labute approximate surface area is 194 Å². The topological polar surface area (TPSA) is 75.7 Å². The fraction of sp³-hybridized carbons (Fsp3) is 0.208. The Morgan fingerprint density at radius 3 is 2.59 bits per heavy atom. The average molecular weight is 467 g/mol. The molecule has 32 heavy (non-hydrogen) atoms. The highest BCUT2D eigenvalue weighted by Gasteiger charge is 2.25. The summed E-state index contributed by atoms with van der Waals surface area (Å²) in [4.78, 5) is 40.7. The van der Waals surface area contributed by atoms with Crippen LogP contribution in [0.2, 0.25) is 0 Å². The molecule has 0 radical (unpaired) electrons. The summed E-state index contributed by atoms with van der Waals surface area (Å²) in [6.45, 7) is 2.39. The fourth-order valence-electron chi connectivity index (χ4n) is 3.32. The Morgan fingerprint density at radius 2 is 1.84 bits per heavy atom. The Kier molecular flexibility index (Phi) is 6.92. The number of fused-ring (bicyclic) bond motifs is 1. The van der Waals surface area contributed by atoms with E-state index in [-0.39, 0.29) is 18.4 Å². The Bertz CT molecular complexity index is 1110. The van der Waals surface area contributed by atoms with Crippen LogP contribution in [-0.4, -0.2) is 36.2 Å². The maximum Gasteiger partial charge on any atom is 0.338 e. The molecule has 2 amide bonds. The van der Waals surface area contributed by atoms with Crippen LogP contribution in [0, 0.1) is 0 Å². The standard InChI is InChI=1S/C24H22N2O4S2/c1-16-12-13-26(19-5-2-3-6-20(19)32-16)22(27)15-30-24(29)17-8-10-18(11-9-17)25-23(28)21-7-4-14-31-21/h2-11,14,16H,12-13,15H2,1H3,(H,25,28). The van der Waals surface area contributed by atoms with Gasteiger partial charge in [-0.15, -0.1) is 23.1 Å². The van der Waals surface area contributed by atoms with Crippen molar-refractivity contribution in [3.63, 3.8) is 0 Å². The van der Waals surface area contributed by atoms with Gasteiger partial charge in [0.2, 0.25) is 0 Å². The van der Waals surface area contributed by atoms with Gasteiger partial charge in [0, 0.05) is 22.4 Å². The summed E-state index contributed by atoms with van der Waals surface area (Å²) in [7, 11) is 0. The highest BCUT2D eigenvalue weighted by Crippen LogP contribution is 2.37. The number of nitrogens with one attached hydrogen (secondary N) is 1. The van der Waals surface area contributed by atoms with E-state index in [1.165, 1.54) is 11.3 Å². The highest BCUT2D eigenvalue weighted by atomic mass is 32.2. The molecular formula is C24H22N2O4S2. The van der Waals surface area contributed by atoms with Crippen LogP contribution in [0.15, 0.2) is 70.9 Å². The first-order valence-electron chi connectivity index (χ1n) is 10.2. The van der Waals surface area contributed by atoms with E-state index in [2.05, 4.69) is 12.2 Å². The van der Waals surface area contributed by atoms with Gasteiger partial charge in [0.1, 0.15) is 0 Å². The number of thiophene rings is 1. The summed E-state index contributed by atoms with van der Waals surface area (Å²) >= 11 is 3.10. The monoisotopic (exact) mass is 466 g/mol. The number of ether oxygens (including phenoxy) is 1. The molecule has 0 spiro atoms. The molecule has 4 rings (SSSR count). The number of hydrogen-bond acceptors (Lipinski definition) is 6. The first kappa shape index (κ1) is 22.1. The predicted octanol–water partition coefficient (Wildman–Crippen LogP) is 5.07. The molecule has 1 atom stereocenters. The molecule has 1 aliphatic heterocycles. The van der Waals surface area contributed by atoms with Crippen LogP contribution in [0.1, 0.15) is 33.4 Å². The van der Waals surface area contributed by atoms with Gasteiger partial charge >= 0.3 is 5.97 Å². The molecule has 0 fully saturated rings. The summed E-state index contributed by atoms with van der Waals surface area (Å²) in [6, 6.07) is 17.7. The number of benzene rings is 2. The zero-order valence-electron chi connectivity index (χ0n) is 17.4. The summed E-state index contributed by atoms with van der Waals surface area (Å²) in [5.41, 5.74) is 1.74. The van der Waals surface area contributed by atoms with Gasteiger partial charge in [-0.25, -0.2) is 4.79 Å². The smallest absolute Gasteiger partial charge is 0.338 e. The van der Waals surface area contributed by atoms with Gasteiger partial charge in [-0.3, -0.25) is 9.59 Å². The largest absolute Gasteiger partial charge is 0.452 e. The third-order valence-electron chi connectivity index (χ3n) is 4.99. The van der Waals surface area contributed by atoms with Crippen LogP contribution in [0.5, 0.6) is 0 Å². The van der Waals surface area contributed by atoms with Crippen molar-refractivity contribution in [3.05, 3.63) is 76.5 Å². The van der Waals surface area contributed by atoms with E-state index in [4.69, 9.17) is 4.74 Å². The van der Waals surface area contributed by atoms with Gasteiger partial charge in [0.05, 0.1) is 16.1 Å². The number of nitrogens with zero attached hydrogens (tertiary/aromatic N) is 1. The molecule has 164 valence electrons. The lowest BCUT2D eigenvalue weighted by atomic mass is 10.2. The lowest BCUT2D eigenvalue weighted by molar-refractivity contribution is -0.121. The minimum absolute atomic E-state index is 0.203. The Balaban J connectivity index is 1.35. The van der Waals surface area contributed by atoms with Crippen molar-refractivity contribution in [3.8, 4) is 0 Å². The van der Waals surface area contributed by atoms with Crippen molar-refractivity contribution in [1.82, 2.24) is 0 Å². The number of rotatable bonds is 5. The molecule has 6 nitrogen and oxygen atoms in total. The van der Waals surface area contributed by atoms with E-state index in [0.717, 1.165) is 17.0 Å². The second kappa shape index (κ2) is 10.0. The number of esters is 1. The molecule has 1 unspecified atom stereocenters. The van der Waals surface area contributed by atoms with E-state index in [1.807, 2.05) is 35.7 Å². The van der Waals surface area contributed by atoms with Crippen LogP contribution in [0.3, 0.4) is 0 Å². The Hall–Kier alpha value is -3.10. The van der Waals surface area contributed by atoms with E-state index in [1.54, 1.807) is 47.0 Å². The number of amides is 2. The average Bonchev–Trinajstić information content (AvgIpc) is 3.28. The summed E-state index contributed by atoms with van der Waals surface area (Å²) in [6.07, 6.45) is 0.859. The zero-order valence-corrected chi connectivity index (χ0v) is 19.1. The number of anilines is 2. The van der Waals surface area contributed by atoms with Crippen LogP contribution in [0.25, 0.3) is 0 Å². The van der Waals surface area contributed by atoms with Crippen molar-refractivity contribution >= 4 is 52.3 Å². The second-order valence-corrected chi connectivity index (χ2v) is 9.74. The third kappa shape index (κ3) is 5.20. The zero-order chi connectivity index (χ0) is 22.5. The van der Waals surface area contributed by atoms with Crippen LogP contribution in [0.4, 0.5) is 11.4 Å². The first-order chi connectivity index (χ1) is 15.5. The number of carbonyl (C=O) groups is 3. The molecule has 1 aliphatic rings. The molecule has 1 aromatic heterocycles. The molecular weight excluding hydrogens is 444 g/mol. The van der Waals surface area contributed by atoms with Gasteiger partial charge in [-0.05, 0) is 54.3 Å². The normalized spacial score (nSPS) is 15.4. The van der Waals surface area contributed by atoms with Crippen molar-refractivity contribution in [2.45, 2.75) is 23.5 Å². The third-order valence-corrected chi connectivity index (χ3v) is 7.10. The maximum atomic E-state index is 12.8. The molecule has 8 heteroatoms. The first-order valence-corrected chi connectivity index (χ1v) is 12.0. The number of carbonyl (C=O) groups excluding carboxylic acids is 3. The quantitative estimate of drug-likeness (QED) is 0.531. The maximum absolute atomic E-state index is 12.8. The van der Waals surface area contributed by atoms with Gasteiger partial charge in [0.25, 0.3) is 11.8 Å². The lowest BCUT2D eigenvalue weighted by Crippen LogP contribution is -2.35. The van der Waals surface area contributed by atoms with Gasteiger partial charge in [-0.1, -0.05) is 25.1 Å². The predicted molar refractivity (Wildman–Crippen MR) is 128 cm³/mol. The van der Waals surface area contributed by atoms with E-state index in [0.29, 0.717) is 27.9 Å². The van der Waals surface area contributed by atoms with E-state index >= 15 is 0 Å². The van der Waals surface area contributed by atoms with Crippen LogP contribution < -0.4 is 10.2 Å². The molecule has 0 aliphatic carbocycles. The minimum atomic E-state index is -0.583. The van der Waals surface area contributed by atoms with Crippen LogP contribution in [-0.2, 0) is 9.53 Å². The van der Waals surface area contributed by atoms with Gasteiger partial charge in [-0.2, -0.15) is 0 Å². The molecule has 2 heterocycles. The number of hydrogen-bond donors (Lipinski definition) is 1. The molecule has 1 N–H and O–H groups in total. The Morgan fingerprint density at radius 1 is 1.06 bits per heavy atom. The summed E-state index contributed by atoms with van der Waals surface area (Å²) < 4.78 is 5.28. The van der Waals surface area contributed by atoms with Crippen molar-refractivity contribution in [1.29, 1.82) is 0 Å². The molecule has 2 aromatic carbocycles. The summed E-state index contributed by atoms with van der Waals surface area (Å²) in [5, 5.41) is 5.01. The second-order valence-electron chi connectivity index (χ2n) is 7.32. The van der Waals surface area contributed by atoms with Crippen molar-refractivity contribution in [2.75, 3.05) is 23.4 Å². The molecule has 3 aromatic rings. The van der Waals surface area contributed by atoms with Crippen LogP contribution >= 0.6 is 23.1 Å². The molecule has 0 saturated carbocycles. The number of thioether (sulfide) groups is 1. The van der Waals surface area contributed by atoms with Gasteiger partial charge in [0.15, 0.2) is 6.61 Å². The fourth-order valence-corrected chi connectivity index (χ4v) is 5.06. The SMILES string of the molecule is CC1CCN(C(=O)COC(=O)c2ccc(NC(=O)c3cccs3)cc2)c2ccccc2S1. The lowest BCUT2D eigenvalue weighted by Gasteiger charge is -2.22. The summed E-state index contributed by atoms with van der Waals surface area (Å²) in [5.74, 6) is -1.04. The number of para-hydroxylation sites is 1. The van der Waals surface area contributed by atoms with E-state index < -0.39 is 5.97 Å². The molecule has 0 bridgehead atoms. The van der Waals surface area contributed by atoms with Gasteiger partial charge < -0.3 is 15.0 Å². The minimum Gasteiger partial charge on any atom is -0.452 e.